The Kier molecular flexibility index (Phi) is 8.00. The van der Waals surface area contributed by atoms with Crippen molar-refractivity contribution in [3.63, 3.8) is 0 Å². The highest BCUT2D eigenvalue weighted by Gasteiger charge is 2.62. The van der Waals surface area contributed by atoms with Gasteiger partial charge < -0.3 is 19.7 Å². The number of amides is 1. The lowest BCUT2D eigenvalue weighted by molar-refractivity contribution is -0.203. The van der Waals surface area contributed by atoms with Gasteiger partial charge in [-0.1, -0.05) is 27.4 Å². The van der Waals surface area contributed by atoms with Gasteiger partial charge in [-0.3, -0.25) is 9.59 Å². The van der Waals surface area contributed by atoms with Gasteiger partial charge in [0.1, 0.15) is 17.9 Å². The van der Waals surface area contributed by atoms with Crippen molar-refractivity contribution >= 4 is 20.8 Å². The van der Waals surface area contributed by atoms with E-state index in [9.17, 15) is 22.8 Å². The SMILES string of the molecule is C[C@@H](NC(=O)c1cn(C2CC3(C2)CC(F)(F)C3)c(=O)cc1N(C)[C@@H]1CCN(C)C[C@@H]1F)c1cccc(C(F)P)c1F. The first-order valence-electron chi connectivity index (χ1n) is 13.9. The number of likely N-dealkylation sites (tertiary alicyclic amines) is 1. The van der Waals surface area contributed by atoms with Crippen LogP contribution in [0.15, 0.2) is 35.3 Å². The van der Waals surface area contributed by atoms with E-state index in [2.05, 4.69) is 5.32 Å². The van der Waals surface area contributed by atoms with Gasteiger partial charge in [-0.2, -0.15) is 0 Å². The molecule has 224 valence electrons. The number of aromatic nitrogens is 1. The molecule has 6 nitrogen and oxygen atoms in total. The van der Waals surface area contributed by atoms with Crippen LogP contribution in [0.5, 0.6) is 0 Å². The smallest absolute Gasteiger partial charge is 0.255 e. The molecule has 2 aromatic rings. The summed E-state index contributed by atoms with van der Waals surface area (Å²) in [5.74, 6) is -5.68. The summed E-state index contributed by atoms with van der Waals surface area (Å²) in [7, 11) is 5.36. The summed E-state index contributed by atoms with van der Waals surface area (Å²) in [6.45, 7) is 2.41. The molecule has 1 spiro atoms. The van der Waals surface area contributed by atoms with Crippen molar-refractivity contribution in [1.29, 1.82) is 0 Å². The van der Waals surface area contributed by atoms with Gasteiger partial charge in [0, 0.05) is 62.4 Å². The lowest BCUT2D eigenvalue weighted by Crippen LogP contribution is -2.55. The molecule has 1 amide bonds. The third kappa shape index (κ3) is 5.76. The minimum Gasteiger partial charge on any atom is -0.368 e. The monoisotopic (exact) mass is 598 g/mol. The third-order valence-corrected chi connectivity index (χ3v) is 9.42. The largest absolute Gasteiger partial charge is 0.368 e. The maximum absolute atomic E-state index is 15.1. The van der Waals surface area contributed by atoms with E-state index in [-0.39, 0.29) is 47.8 Å². The van der Waals surface area contributed by atoms with Crippen LogP contribution in [0.3, 0.4) is 0 Å². The zero-order valence-electron chi connectivity index (χ0n) is 23.3. The Labute approximate surface area is 238 Å². The highest BCUT2D eigenvalue weighted by Crippen LogP contribution is 2.65. The highest BCUT2D eigenvalue weighted by molar-refractivity contribution is 7.16. The van der Waals surface area contributed by atoms with Gasteiger partial charge in [0.15, 0.2) is 0 Å². The Bertz CT molecular complexity index is 1370. The van der Waals surface area contributed by atoms with Crippen LogP contribution < -0.4 is 15.8 Å². The van der Waals surface area contributed by atoms with E-state index in [0.29, 0.717) is 25.8 Å². The molecule has 3 aliphatic rings. The molecule has 1 saturated heterocycles. The Morgan fingerprint density at radius 2 is 1.88 bits per heavy atom. The molecule has 5 rings (SSSR count). The molecule has 1 aliphatic heterocycles. The van der Waals surface area contributed by atoms with E-state index in [1.165, 1.54) is 35.0 Å². The minimum absolute atomic E-state index is 0.0927. The number of rotatable bonds is 7. The molecule has 3 fully saturated rings. The van der Waals surface area contributed by atoms with Crippen molar-refractivity contribution in [3.8, 4) is 0 Å². The second kappa shape index (κ2) is 11.0. The molecular formula is C29H36F5N4O2P. The zero-order valence-corrected chi connectivity index (χ0v) is 24.5. The molecular weight excluding hydrogens is 562 g/mol. The zero-order chi connectivity index (χ0) is 29.9. The minimum atomic E-state index is -2.67. The molecule has 5 atom stereocenters. The fourth-order valence-electron chi connectivity index (χ4n) is 6.89. The van der Waals surface area contributed by atoms with Gasteiger partial charge >= 0.3 is 0 Å². The first kappa shape index (κ1) is 30.0. The number of nitrogens with one attached hydrogen (secondary N) is 1. The van der Waals surface area contributed by atoms with E-state index < -0.39 is 52.8 Å². The molecule has 2 heterocycles. The maximum atomic E-state index is 15.1. The van der Waals surface area contributed by atoms with Crippen LogP contribution in [0.4, 0.5) is 27.6 Å². The highest BCUT2D eigenvalue weighted by atomic mass is 31.0. The van der Waals surface area contributed by atoms with Gasteiger partial charge in [-0.05, 0) is 38.6 Å². The number of piperidine rings is 1. The normalized spacial score (nSPS) is 25.2. The number of nitrogens with zero attached hydrogens (tertiary/aromatic N) is 3. The first-order chi connectivity index (χ1) is 19.2. The average molecular weight is 599 g/mol. The van der Waals surface area contributed by atoms with Crippen molar-refractivity contribution in [2.45, 2.75) is 75.2 Å². The number of hydrogen-bond donors (Lipinski definition) is 1. The molecule has 41 heavy (non-hydrogen) atoms. The molecule has 2 unspecified atom stereocenters. The summed E-state index contributed by atoms with van der Waals surface area (Å²) in [5.41, 5.74) is -0.617. The summed E-state index contributed by atoms with van der Waals surface area (Å²) in [4.78, 5) is 30.5. The number of anilines is 1. The topological polar surface area (TPSA) is 57.6 Å². The molecule has 1 aromatic heterocycles. The molecule has 1 N–H and O–H groups in total. The quantitative estimate of drug-likeness (QED) is 0.336. The van der Waals surface area contributed by atoms with Crippen molar-refractivity contribution in [3.05, 3.63) is 63.3 Å². The second-order valence-electron chi connectivity index (χ2n) is 12.2. The fourth-order valence-corrected chi connectivity index (χ4v) is 7.15. The molecule has 1 aromatic carbocycles. The maximum Gasteiger partial charge on any atom is 0.255 e. The Hall–Kier alpha value is -2.52. The van der Waals surface area contributed by atoms with Gasteiger partial charge in [-0.15, -0.1) is 0 Å². The molecule has 2 aliphatic carbocycles. The number of alkyl halides is 4. The van der Waals surface area contributed by atoms with Crippen molar-refractivity contribution in [2.24, 2.45) is 5.41 Å². The van der Waals surface area contributed by atoms with E-state index in [4.69, 9.17) is 0 Å². The lowest BCUT2D eigenvalue weighted by atomic mass is 9.52. The number of benzene rings is 1. The van der Waals surface area contributed by atoms with Crippen LogP contribution in [0, 0.1) is 11.2 Å². The van der Waals surface area contributed by atoms with Gasteiger partial charge in [0.25, 0.3) is 11.5 Å². The predicted octanol–water partition coefficient (Wildman–Crippen LogP) is 5.55. The van der Waals surface area contributed by atoms with Gasteiger partial charge in [-0.25, -0.2) is 22.0 Å². The summed E-state index contributed by atoms with van der Waals surface area (Å²) >= 11 is 0. The van der Waals surface area contributed by atoms with Crippen molar-refractivity contribution in [1.82, 2.24) is 14.8 Å². The number of pyridine rings is 1. The van der Waals surface area contributed by atoms with Crippen molar-refractivity contribution in [2.75, 3.05) is 32.1 Å². The molecule has 2 saturated carbocycles. The number of carbonyl (C=O) groups excluding carboxylic acids is 1. The number of hydrogen-bond acceptors (Lipinski definition) is 4. The first-order valence-corrected chi connectivity index (χ1v) is 14.6. The van der Waals surface area contributed by atoms with Crippen LogP contribution in [0.2, 0.25) is 0 Å². The standard InChI is InChI=1S/C29H36F5N4O2P/c1-16(18-5-4-6-19(25(18)31)26(32)41)35-27(40)20-12-38(17-10-28(11-17)14-29(33,34)15-28)24(39)9-23(20)37(3)22-7-8-36(2)13-21(22)30/h4-6,9,12,16-17,21-22,26H,7-8,10-11,13-15,41H2,1-3H3,(H,35,40)/t16-,21+,22-,26?/m1/s1. The Morgan fingerprint density at radius 3 is 2.49 bits per heavy atom. The van der Waals surface area contributed by atoms with Crippen LogP contribution in [0.25, 0.3) is 0 Å². The van der Waals surface area contributed by atoms with Gasteiger partial charge in [0.2, 0.25) is 5.92 Å². The van der Waals surface area contributed by atoms with Crippen molar-refractivity contribution < 1.29 is 26.7 Å². The van der Waals surface area contributed by atoms with Crippen LogP contribution in [0.1, 0.15) is 78.5 Å². The van der Waals surface area contributed by atoms with Crippen LogP contribution in [-0.4, -0.2) is 60.7 Å². The number of carbonyl (C=O) groups is 1. The Morgan fingerprint density at radius 1 is 1.22 bits per heavy atom. The van der Waals surface area contributed by atoms with Gasteiger partial charge in [0.05, 0.1) is 23.3 Å². The third-order valence-electron chi connectivity index (χ3n) is 9.06. The molecule has 0 bridgehead atoms. The molecule has 0 radical (unpaired) electrons. The average Bonchev–Trinajstić information content (AvgIpc) is 2.85. The number of halogens is 5. The predicted molar refractivity (Wildman–Crippen MR) is 151 cm³/mol. The fraction of sp³-hybridized carbons (Fsp3) is 0.586. The summed E-state index contributed by atoms with van der Waals surface area (Å²) < 4.78 is 72.6. The summed E-state index contributed by atoms with van der Waals surface area (Å²) in [6, 6.07) is 3.82. The van der Waals surface area contributed by atoms with E-state index >= 15 is 8.78 Å². The molecule has 12 heteroatoms. The van der Waals surface area contributed by atoms with Crippen LogP contribution in [-0.2, 0) is 0 Å². The summed E-state index contributed by atoms with van der Waals surface area (Å²) in [6.07, 6.45) is 1.09. The lowest BCUT2D eigenvalue weighted by Gasteiger charge is -2.57. The van der Waals surface area contributed by atoms with Crippen LogP contribution >= 0.6 is 9.24 Å². The van der Waals surface area contributed by atoms with E-state index in [1.54, 1.807) is 18.9 Å². The summed E-state index contributed by atoms with van der Waals surface area (Å²) in [5, 5.41) is 2.76. The van der Waals surface area contributed by atoms with E-state index in [0.717, 1.165) is 0 Å². The Balaban J connectivity index is 1.46. The van der Waals surface area contributed by atoms with E-state index in [1.807, 2.05) is 21.2 Å². The second-order valence-corrected chi connectivity index (χ2v) is 12.8.